The molecule has 7 atom stereocenters. The summed E-state index contributed by atoms with van der Waals surface area (Å²) in [4.78, 5) is 66.2. The van der Waals surface area contributed by atoms with Crippen LogP contribution < -0.4 is 24.4 Å². The largest absolute Gasteiger partial charge is 0.497 e. The molecule has 1 saturated heterocycles. The average Bonchev–Trinajstić information content (AvgIpc) is 4.08. The highest BCUT2D eigenvalue weighted by Crippen LogP contribution is 2.48. The van der Waals surface area contributed by atoms with Gasteiger partial charge in [-0.2, -0.15) is 4.98 Å². The number of aromatic nitrogens is 1. The molecule has 324 valence electrons. The van der Waals surface area contributed by atoms with Crippen molar-refractivity contribution in [1.82, 2.24) is 24.8 Å². The summed E-state index contributed by atoms with van der Waals surface area (Å²) in [7, 11) is -0.955. The van der Waals surface area contributed by atoms with E-state index in [0.29, 0.717) is 42.8 Å². The molecule has 4 amide bonds. The molecular formula is C42H59FN6O9S. The molecule has 2 aliphatic heterocycles. The molecule has 17 heteroatoms. The van der Waals surface area contributed by atoms with Gasteiger partial charge in [0.2, 0.25) is 27.7 Å². The number of pyridine rings is 1. The number of hydrogen-bond donors (Lipinski definition) is 3. The summed E-state index contributed by atoms with van der Waals surface area (Å²) in [6.45, 7) is 10.4. The SMILES string of the molecule is CCN(C)c1cc2cc(OC)ccc2c(O[C@@H]2C[C@H]3C(=O)N[C@]4(C(=O)NS(=O)(=O)C5(CF)CC5)C[C@H]4/C=C\CC[C@H](C)C[C@@H](C)[C@H](N(C(=O)O)C(C)(C)C)C(=O)N3C2)n1. The zero-order valence-corrected chi connectivity index (χ0v) is 36.1. The van der Waals surface area contributed by atoms with Gasteiger partial charge < -0.3 is 29.7 Å². The summed E-state index contributed by atoms with van der Waals surface area (Å²) in [5.41, 5.74) is -2.70. The van der Waals surface area contributed by atoms with E-state index in [2.05, 4.69) is 10.0 Å². The van der Waals surface area contributed by atoms with Crippen molar-refractivity contribution in [2.45, 2.75) is 121 Å². The molecule has 0 spiro atoms. The van der Waals surface area contributed by atoms with Gasteiger partial charge in [0, 0.05) is 36.9 Å². The molecular weight excluding hydrogens is 784 g/mol. The fraction of sp³-hybridized carbons (Fsp3) is 0.643. The van der Waals surface area contributed by atoms with Gasteiger partial charge >= 0.3 is 6.09 Å². The van der Waals surface area contributed by atoms with Gasteiger partial charge in [0.15, 0.2) is 0 Å². The number of hydrogen-bond acceptors (Lipinski definition) is 10. The van der Waals surface area contributed by atoms with E-state index in [0.717, 1.165) is 10.3 Å². The van der Waals surface area contributed by atoms with E-state index < -0.39 is 86.4 Å². The van der Waals surface area contributed by atoms with Crippen LogP contribution in [0.1, 0.15) is 86.5 Å². The molecule has 59 heavy (non-hydrogen) atoms. The lowest BCUT2D eigenvalue weighted by Crippen LogP contribution is -2.62. The second-order valence-corrected chi connectivity index (χ2v) is 20.1. The summed E-state index contributed by atoms with van der Waals surface area (Å²) in [5, 5.41) is 14.9. The molecule has 2 saturated carbocycles. The maximum atomic E-state index is 15.2. The van der Waals surface area contributed by atoms with E-state index in [1.807, 2.05) is 57.0 Å². The zero-order chi connectivity index (χ0) is 43.2. The van der Waals surface area contributed by atoms with Gasteiger partial charge in [0.1, 0.15) is 46.7 Å². The monoisotopic (exact) mass is 842 g/mol. The highest BCUT2D eigenvalue weighted by atomic mass is 32.2. The number of ether oxygens (including phenoxy) is 2. The van der Waals surface area contributed by atoms with Crippen LogP contribution >= 0.6 is 0 Å². The van der Waals surface area contributed by atoms with Crippen molar-refractivity contribution in [3.63, 3.8) is 0 Å². The molecule has 0 bridgehead atoms. The predicted molar refractivity (Wildman–Crippen MR) is 220 cm³/mol. The number of methoxy groups -OCH3 is 1. The third-order valence-corrected chi connectivity index (χ3v) is 14.7. The third-order valence-electron chi connectivity index (χ3n) is 12.6. The zero-order valence-electron chi connectivity index (χ0n) is 35.3. The quantitative estimate of drug-likeness (QED) is 0.273. The number of alkyl halides is 1. The number of benzene rings is 1. The number of nitrogens with zero attached hydrogens (tertiary/aromatic N) is 4. The Hall–Kier alpha value is -4.67. The number of anilines is 1. The maximum Gasteiger partial charge on any atom is 0.408 e. The Kier molecular flexibility index (Phi) is 12.2. The van der Waals surface area contributed by atoms with Gasteiger partial charge in [-0.05, 0) is 108 Å². The first-order valence-electron chi connectivity index (χ1n) is 20.5. The summed E-state index contributed by atoms with van der Waals surface area (Å²) in [6, 6.07) is 4.92. The molecule has 15 nitrogen and oxygen atoms in total. The summed E-state index contributed by atoms with van der Waals surface area (Å²) in [5.74, 6) is -1.75. The average molecular weight is 843 g/mol. The van der Waals surface area contributed by atoms with Gasteiger partial charge in [0.25, 0.3) is 5.91 Å². The number of amides is 4. The fourth-order valence-electron chi connectivity index (χ4n) is 8.64. The van der Waals surface area contributed by atoms with Crippen molar-refractivity contribution >= 4 is 50.4 Å². The predicted octanol–water partition coefficient (Wildman–Crippen LogP) is 5.03. The Morgan fingerprint density at radius 3 is 2.47 bits per heavy atom. The first-order valence-corrected chi connectivity index (χ1v) is 22.0. The molecule has 6 rings (SSSR count). The van der Waals surface area contributed by atoms with Crippen molar-refractivity contribution < 1.29 is 46.6 Å². The van der Waals surface area contributed by atoms with Crippen molar-refractivity contribution in [3.05, 3.63) is 36.4 Å². The van der Waals surface area contributed by atoms with Crippen LogP contribution in [0.2, 0.25) is 0 Å². The van der Waals surface area contributed by atoms with Crippen molar-refractivity contribution in [3.8, 4) is 11.6 Å². The standard InChI is InChI=1S/C42H59FN6O9S/c1-9-47(7)33-20-27-19-29(57-8)14-15-31(27)36(44-33)58-30-21-32-35(50)45-42(38(52)46-59(55,56)41(24-43)16-17-41)22-28(42)13-11-10-12-25(2)18-26(3)34(37(51)48(32)23-30)49(39(53)54)40(4,5)6/h11,13-15,19-20,25-26,28,30,32,34H,9-10,12,16-18,21-24H2,1-8H3,(H,45,50)(H,46,52)(H,53,54)/b13-11-/t25-,26+,28+,30+,32-,34-,42+/m0/s1. The Morgan fingerprint density at radius 2 is 1.86 bits per heavy atom. The number of allylic oxidation sites excluding steroid dienone is 1. The summed E-state index contributed by atoms with van der Waals surface area (Å²) in [6.07, 6.45) is 3.58. The number of nitrogens with one attached hydrogen (secondary N) is 2. The number of carbonyl (C=O) groups is 4. The number of fused-ring (bicyclic) bond motifs is 3. The normalized spacial score (nSPS) is 28.9. The van der Waals surface area contributed by atoms with E-state index in [9.17, 15) is 32.3 Å². The second kappa shape index (κ2) is 16.4. The van der Waals surface area contributed by atoms with Gasteiger partial charge in [-0.25, -0.2) is 17.6 Å². The van der Waals surface area contributed by atoms with Crippen molar-refractivity contribution in [2.75, 3.05) is 38.8 Å². The molecule has 3 fully saturated rings. The number of carboxylic acid groups (broad SMARTS) is 1. The molecule has 2 aliphatic carbocycles. The van der Waals surface area contributed by atoms with Gasteiger partial charge in [-0.3, -0.25) is 24.0 Å². The Morgan fingerprint density at radius 1 is 1.15 bits per heavy atom. The molecule has 3 heterocycles. The van der Waals surface area contributed by atoms with E-state index in [4.69, 9.17) is 14.5 Å². The number of rotatable bonds is 10. The fourth-order valence-corrected chi connectivity index (χ4v) is 10.1. The first kappa shape index (κ1) is 43.9. The molecule has 1 aromatic carbocycles. The lowest BCUT2D eigenvalue weighted by molar-refractivity contribution is -0.146. The minimum atomic E-state index is -4.41. The topological polar surface area (TPSA) is 188 Å². The van der Waals surface area contributed by atoms with Gasteiger partial charge in [-0.15, -0.1) is 0 Å². The first-order chi connectivity index (χ1) is 27.7. The Bertz CT molecular complexity index is 2110. The van der Waals surface area contributed by atoms with E-state index >= 15 is 4.79 Å². The van der Waals surface area contributed by atoms with Crippen LogP contribution in [0.4, 0.5) is 15.0 Å². The highest BCUT2D eigenvalue weighted by molar-refractivity contribution is 7.91. The molecule has 2 aromatic rings. The van der Waals surface area contributed by atoms with Crippen LogP contribution in [-0.2, 0) is 24.4 Å². The smallest absolute Gasteiger partial charge is 0.408 e. The minimum Gasteiger partial charge on any atom is -0.497 e. The summed E-state index contributed by atoms with van der Waals surface area (Å²) >= 11 is 0. The Balaban J connectivity index is 1.42. The van der Waals surface area contributed by atoms with E-state index in [-0.39, 0.29) is 44.0 Å². The van der Waals surface area contributed by atoms with E-state index in [1.165, 1.54) is 4.90 Å². The molecule has 4 aliphatic rings. The minimum absolute atomic E-state index is 0.0493. The third kappa shape index (κ3) is 8.67. The van der Waals surface area contributed by atoms with Crippen LogP contribution in [0, 0.1) is 17.8 Å². The van der Waals surface area contributed by atoms with Crippen LogP contribution in [0.3, 0.4) is 0 Å². The lowest BCUT2D eigenvalue weighted by Gasteiger charge is -2.43. The number of sulfonamides is 1. The molecule has 0 radical (unpaired) electrons. The Labute approximate surface area is 346 Å². The number of halogens is 1. The van der Waals surface area contributed by atoms with Crippen LogP contribution in [0.5, 0.6) is 11.6 Å². The molecule has 1 aromatic heterocycles. The van der Waals surface area contributed by atoms with E-state index in [1.54, 1.807) is 40.0 Å². The van der Waals surface area contributed by atoms with Crippen LogP contribution in [0.25, 0.3) is 10.8 Å². The molecule has 3 N–H and O–H groups in total. The van der Waals surface area contributed by atoms with Crippen molar-refractivity contribution in [2.24, 2.45) is 17.8 Å². The van der Waals surface area contributed by atoms with Gasteiger partial charge in [-0.1, -0.05) is 26.0 Å². The van der Waals surface area contributed by atoms with Gasteiger partial charge in [0.05, 0.1) is 13.7 Å². The lowest BCUT2D eigenvalue weighted by atomic mass is 9.85. The summed E-state index contributed by atoms with van der Waals surface area (Å²) < 4.78 is 53.0. The van der Waals surface area contributed by atoms with Crippen LogP contribution in [0.15, 0.2) is 36.4 Å². The van der Waals surface area contributed by atoms with Crippen molar-refractivity contribution in [1.29, 1.82) is 0 Å². The number of carbonyl (C=O) groups excluding carboxylic acids is 3. The highest BCUT2D eigenvalue weighted by Gasteiger charge is 2.64. The van der Waals surface area contributed by atoms with Crippen LogP contribution in [-0.4, -0.2) is 120 Å². The molecule has 0 unspecified atom stereocenters. The maximum absolute atomic E-state index is 15.2. The second-order valence-electron chi connectivity index (χ2n) is 18.0.